The van der Waals surface area contributed by atoms with Crippen molar-refractivity contribution in [2.45, 2.75) is 33.1 Å². The second kappa shape index (κ2) is 7.16. The molecule has 3 heterocycles. The van der Waals surface area contributed by atoms with Gasteiger partial charge in [0.05, 0.1) is 5.69 Å². The van der Waals surface area contributed by atoms with Crippen LogP contribution in [0.1, 0.15) is 31.8 Å². The normalized spacial score (nSPS) is 15.8. The van der Waals surface area contributed by atoms with E-state index in [0.717, 1.165) is 50.0 Å². The SMILES string of the molecule is CCc1nsc(N2CCCN(c3ncnc(CC)c3F)CC2)n1. The van der Waals surface area contributed by atoms with Gasteiger partial charge in [0.25, 0.3) is 0 Å². The highest BCUT2D eigenvalue weighted by molar-refractivity contribution is 7.09. The highest BCUT2D eigenvalue weighted by Gasteiger charge is 2.22. The molecule has 0 N–H and O–H groups in total. The fourth-order valence-electron chi connectivity index (χ4n) is 2.70. The van der Waals surface area contributed by atoms with Crippen molar-refractivity contribution in [1.82, 2.24) is 19.3 Å². The molecule has 8 heteroatoms. The van der Waals surface area contributed by atoms with Gasteiger partial charge in [0.15, 0.2) is 11.6 Å². The smallest absolute Gasteiger partial charge is 0.205 e. The summed E-state index contributed by atoms with van der Waals surface area (Å²) in [7, 11) is 0. The van der Waals surface area contributed by atoms with Gasteiger partial charge in [-0.1, -0.05) is 13.8 Å². The van der Waals surface area contributed by atoms with Crippen molar-refractivity contribution < 1.29 is 4.39 Å². The standard InChI is InChI=1S/C15H21FN6S/c1-3-11-13(16)14(18-10-17-11)21-6-5-7-22(9-8-21)15-19-12(4-2)20-23-15/h10H,3-9H2,1-2H3. The fraction of sp³-hybridized carbons (Fsp3) is 0.600. The van der Waals surface area contributed by atoms with Gasteiger partial charge in [0, 0.05) is 44.1 Å². The van der Waals surface area contributed by atoms with Crippen molar-refractivity contribution in [3.63, 3.8) is 0 Å². The average molecular weight is 336 g/mol. The Hall–Kier alpha value is -1.83. The lowest BCUT2D eigenvalue weighted by Gasteiger charge is -2.23. The third-order valence-electron chi connectivity index (χ3n) is 4.02. The van der Waals surface area contributed by atoms with E-state index in [-0.39, 0.29) is 5.82 Å². The van der Waals surface area contributed by atoms with Crippen LogP contribution in [0.4, 0.5) is 15.3 Å². The van der Waals surface area contributed by atoms with Gasteiger partial charge >= 0.3 is 0 Å². The van der Waals surface area contributed by atoms with Gasteiger partial charge in [0.1, 0.15) is 12.2 Å². The minimum Gasteiger partial charge on any atom is -0.352 e. The molecule has 3 rings (SSSR count). The van der Waals surface area contributed by atoms with Gasteiger partial charge in [-0.2, -0.15) is 4.37 Å². The molecule has 124 valence electrons. The summed E-state index contributed by atoms with van der Waals surface area (Å²) < 4.78 is 18.8. The summed E-state index contributed by atoms with van der Waals surface area (Å²) >= 11 is 1.44. The topological polar surface area (TPSA) is 58.0 Å². The van der Waals surface area contributed by atoms with Crippen molar-refractivity contribution in [2.75, 3.05) is 36.0 Å². The third-order valence-corrected chi connectivity index (χ3v) is 4.83. The molecule has 0 aromatic carbocycles. The zero-order valence-electron chi connectivity index (χ0n) is 13.5. The molecule has 0 spiro atoms. The first kappa shape index (κ1) is 16.0. The molecule has 0 aliphatic carbocycles. The van der Waals surface area contributed by atoms with Gasteiger partial charge in [0.2, 0.25) is 5.13 Å². The lowest BCUT2D eigenvalue weighted by molar-refractivity contribution is 0.584. The van der Waals surface area contributed by atoms with Gasteiger partial charge in [-0.05, 0) is 12.8 Å². The van der Waals surface area contributed by atoms with Crippen molar-refractivity contribution in [1.29, 1.82) is 0 Å². The Balaban J connectivity index is 1.73. The number of hydrogen-bond donors (Lipinski definition) is 0. The highest BCUT2D eigenvalue weighted by atomic mass is 32.1. The summed E-state index contributed by atoms with van der Waals surface area (Å²) in [6.07, 6.45) is 3.82. The van der Waals surface area contributed by atoms with E-state index in [9.17, 15) is 4.39 Å². The molecular weight excluding hydrogens is 315 g/mol. The summed E-state index contributed by atoms with van der Waals surface area (Å²) in [6.45, 7) is 7.16. The second-order valence-electron chi connectivity index (χ2n) is 5.49. The van der Waals surface area contributed by atoms with Crippen LogP contribution in [-0.2, 0) is 12.8 Å². The second-order valence-corrected chi connectivity index (χ2v) is 6.22. The Morgan fingerprint density at radius 1 is 1.09 bits per heavy atom. The first-order chi connectivity index (χ1) is 11.2. The molecule has 1 fully saturated rings. The zero-order valence-corrected chi connectivity index (χ0v) is 14.3. The first-order valence-electron chi connectivity index (χ1n) is 8.04. The molecular formula is C15H21FN6S. The molecule has 1 saturated heterocycles. The van der Waals surface area contributed by atoms with Crippen LogP contribution in [0.5, 0.6) is 0 Å². The molecule has 0 saturated carbocycles. The van der Waals surface area contributed by atoms with Crippen LogP contribution in [0.15, 0.2) is 6.33 Å². The number of nitrogens with zero attached hydrogens (tertiary/aromatic N) is 6. The zero-order chi connectivity index (χ0) is 16.2. The third kappa shape index (κ3) is 3.41. The lowest BCUT2D eigenvalue weighted by Crippen LogP contribution is -2.32. The van der Waals surface area contributed by atoms with E-state index in [4.69, 9.17) is 0 Å². The van der Waals surface area contributed by atoms with Crippen LogP contribution in [0.3, 0.4) is 0 Å². The molecule has 1 aliphatic rings. The summed E-state index contributed by atoms with van der Waals surface area (Å²) in [5.74, 6) is 1.03. The lowest BCUT2D eigenvalue weighted by atomic mass is 10.3. The van der Waals surface area contributed by atoms with Crippen LogP contribution < -0.4 is 9.80 Å². The number of aromatic nitrogens is 4. The number of halogens is 1. The molecule has 0 bridgehead atoms. The maximum Gasteiger partial charge on any atom is 0.205 e. The molecule has 0 unspecified atom stereocenters. The van der Waals surface area contributed by atoms with Crippen LogP contribution in [0, 0.1) is 5.82 Å². The minimum atomic E-state index is -0.285. The molecule has 0 amide bonds. The van der Waals surface area contributed by atoms with Crippen molar-refractivity contribution in [2.24, 2.45) is 0 Å². The molecule has 0 atom stereocenters. The van der Waals surface area contributed by atoms with Gasteiger partial charge in [-0.25, -0.2) is 19.3 Å². The Kier molecular flexibility index (Phi) is 5.00. The van der Waals surface area contributed by atoms with E-state index >= 15 is 0 Å². The van der Waals surface area contributed by atoms with Crippen molar-refractivity contribution in [3.8, 4) is 0 Å². The Morgan fingerprint density at radius 3 is 2.61 bits per heavy atom. The predicted octanol–water partition coefficient (Wildman–Crippen LogP) is 2.31. The summed E-state index contributed by atoms with van der Waals surface area (Å²) in [5, 5.41) is 0.959. The number of aryl methyl sites for hydroxylation is 2. The highest BCUT2D eigenvalue weighted by Crippen LogP contribution is 2.23. The van der Waals surface area contributed by atoms with Gasteiger partial charge in [-0.3, -0.25) is 0 Å². The molecule has 2 aromatic rings. The first-order valence-corrected chi connectivity index (χ1v) is 8.82. The van der Waals surface area contributed by atoms with Crippen LogP contribution in [-0.4, -0.2) is 45.5 Å². The van der Waals surface area contributed by atoms with E-state index in [1.165, 1.54) is 17.9 Å². The molecule has 1 aliphatic heterocycles. The maximum atomic E-state index is 14.5. The molecule has 6 nitrogen and oxygen atoms in total. The van der Waals surface area contributed by atoms with Crippen LogP contribution in [0.25, 0.3) is 0 Å². The fourth-order valence-corrected chi connectivity index (χ4v) is 3.50. The number of rotatable bonds is 4. The Labute approximate surface area is 139 Å². The largest absolute Gasteiger partial charge is 0.352 e. The summed E-state index contributed by atoms with van der Waals surface area (Å²) in [4.78, 5) is 17.0. The Morgan fingerprint density at radius 2 is 1.87 bits per heavy atom. The van der Waals surface area contributed by atoms with E-state index in [2.05, 4.69) is 31.1 Å². The predicted molar refractivity (Wildman–Crippen MR) is 89.7 cm³/mol. The monoisotopic (exact) mass is 336 g/mol. The quantitative estimate of drug-likeness (QED) is 0.854. The van der Waals surface area contributed by atoms with Crippen molar-refractivity contribution >= 4 is 22.5 Å². The molecule has 2 aromatic heterocycles. The maximum absolute atomic E-state index is 14.5. The van der Waals surface area contributed by atoms with E-state index in [1.54, 1.807) is 0 Å². The number of anilines is 2. The number of hydrogen-bond acceptors (Lipinski definition) is 7. The minimum absolute atomic E-state index is 0.285. The van der Waals surface area contributed by atoms with Crippen LogP contribution >= 0.6 is 11.5 Å². The van der Waals surface area contributed by atoms with Gasteiger partial charge in [-0.15, -0.1) is 0 Å². The van der Waals surface area contributed by atoms with Crippen LogP contribution in [0.2, 0.25) is 0 Å². The summed E-state index contributed by atoms with van der Waals surface area (Å²) in [6, 6.07) is 0. The van der Waals surface area contributed by atoms with E-state index in [1.807, 2.05) is 11.8 Å². The Bertz CT molecular complexity index is 661. The summed E-state index contributed by atoms with van der Waals surface area (Å²) in [5.41, 5.74) is 0.479. The molecule has 0 radical (unpaired) electrons. The average Bonchev–Trinajstić information content (AvgIpc) is 2.93. The van der Waals surface area contributed by atoms with E-state index in [0.29, 0.717) is 17.9 Å². The van der Waals surface area contributed by atoms with Gasteiger partial charge < -0.3 is 9.80 Å². The van der Waals surface area contributed by atoms with Crippen molar-refractivity contribution in [3.05, 3.63) is 23.7 Å². The molecule has 23 heavy (non-hydrogen) atoms. The van der Waals surface area contributed by atoms with E-state index < -0.39 is 0 Å².